The van der Waals surface area contributed by atoms with Gasteiger partial charge in [0, 0.05) is 63.1 Å². The molecule has 0 radical (unpaired) electrons. The van der Waals surface area contributed by atoms with Crippen molar-refractivity contribution >= 4 is 11.8 Å². The Hall–Kier alpha value is -3.30. The lowest BCUT2D eigenvalue weighted by Gasteiger charge is -2.31. The molecule has 0 aliphatic carbocycles. The number of likely N-dealkylation sites (tertiary alicyclic amines) is 1. The maximum absolute atomic E-state index is 12.7. The van der Waals surface area contributed by atoms with Gasteiger partial charge >= 0.3 is 0 Å². The second-order valence-electron chi connectivity index (χ2n) is 8.28. The Balaban J connectivity index is 1.51. The quantitative estimate of drug-likeness (QED) is 0.658. The van der Waals surface area contributed by atoms with E-state index in [2.05, 4.69) is 11.8 Å². The first-order valence-electron chi connectivity index (χ1n) is 11.0. The fourth-order valence-corrected chi connectivity index (χ4v) is 3.47. The molecule has 1 saturated heterocycles. The van der Waals surface area contributed by atoms with Gasteiger partial charge in [-0.1, -0.05) is 30.2 Å². The highest BCUT2D eigenvalue weighted by atomic mass is 16.5. The van der Waals surface area contributed by atoms with Crippen LogP contribution in [0.15, 0.2) is 54.6 Å². The minimum atomic E-state index is -0.152. The number of ether oxygens (including phenoxy) is 1. The molecule has 0 spiro atoms. The Morgan fingerprint density at radius 1 is 1.00 bits per heavy atom. The first-order valence-corrected chi connectivity index (χ1v) is 11.0. The number of likely N-dealkylation sites (N-methyl/N-ethyl adjacent to an activating group) is 2. The van der Waals surface area contributed by atoms with Gasteiger partial charge in [0.1, 0.15) is 11.9 Å². The number of carbonyl (C=O) groups is 2. The van der Waals surface area contributed by atoms with Gasteiger partial charge in [0.2, 0.25) is 0 Å². The fraction of sp³-hybridized carbons (Fsp3) is 0.385. The van der Waals surface area contributed by atoms with Gasteiger partial charge in [0.05, 0.1) is 0 Å². The van der Waals surface area contributed by atoms with Crippen molar-refractivity contribution in [1.82, 2.24) is 14.7 Å². The number of carbonyl (C=O) groups excluding carboxylic acids is 2. The third kappa shape index (κ3) is 6.86. The summed E-state index contributed by atoms with van der Waals surface area (Å²) in [5.74, 6) is 6.17. The second kappa shape index (κ2) is 11.4. The van der Waals surface area contributed by atoms with Crippen molar-refractivity contribution in [3.05, 3.63) is 65.7 Å². The highest BCUT2D eigenvalue weighted by molar-refractivity contribution is 5.94. The van der Waals surface area contributed by atoms with Gasteiger partial charge < -0.3 is 19.4 Å². The van der Waals surface area contributed by atoms with Crippen molar-refractivity contribution in [2.75, 3.05) is 47.3 Å². The minimum absolute atomic E-state index is 0.0120. The monoisotopic (exact) mass is 433 g/mol. The molecular formula is C26H31N3O3. The van der Waals surface area contributed by atoms with Crippen LogP contribution in [0.3, 0.4) is 0 Å². The van der Waals surface area contributed by atoms with Crippen LogP contribution in [0, 0.1) is 11.8 Å². The van der Waals surface area contributed by atoms with E-state index in [9.17, 15) is 9.59 Å². The molecule has 2 aromatic carbocycles. The first kappa shape index (κ1) is 23.4. The molecule has 0 saturated carbocycles. The Labute approximate surface area is 190 Å². The van der Waals surface area contributed by atoms with Gasteiger partial charge in [-0.15, -0.1) is 0 Å². The second-order valence-corrected chi connectivity index (χ2v) is 8.28. The van der Waals surface area contributed by atoms with Gasteiger partial charge in [0.15, 0.2) is 0 Å². The molecule has 3 rings (SSSR count). The van der Waals surface area contributed by atoms with Crippen molar-refractivity contribution in [2.45, 2.75) is 18.9 Å². The molecule has 0 unspecified atom stereocenters. The first-order chi connectivity index (χ1) is 15.4. The largest absolute Gasteiger partial charge is 0.490 e. The standard InChI is InChI=1S/C26H31N3O3/c1-27(2)18-19-28(3)26(31)22-10-7-11-24(20-22)32-23-14-16-29(17-15-23)25(30)13-12-21-8-5-4-6-9-21/h4-11,20,23H,14-19H2,1-3H3. The highest BCUT2D eigenvalue weighted by Gasteiger charge is 2.23. The van der Waals surface area contributed by atoms with E-state index in [0.29, 0.717) is 30.9 Å². The number of rotatable bonds is 6. The summed E-state index contributed by atoms with van der Waals surface area (Å²) in [7, 11) is 5.79. The fourth-order valence-electron chi connectivity index (χ4n) is 3.47. The number of nitrogens with zero attached hydrogens (tertiary/aromatic N) is 3. The SMILES string of the molecule is CN(C)CCN(C)C(=O)c1cccc(OC2CCN(C(=O)C#Cc3ccccc3)CC2)c1. The summed E-state index contributed by atoms with van der Waals surface area (Å²) in [6.07, 6.45) is 1.48. The molecule has 2 aromatic rings. The van der Waals surface area contributed by atoms with E-state index in [1.165, 1.54) is 0 Å². The van der Waals surface area contributed by atoms with Crippen molar-refractivity contribution in [3.8, 4) is 17.6 Å². The minimum Gasteiger partial charge on any atom is -0.490 e. The van der Waals surface area contributed by atoms with E-state index >= 15 is 0 Å². The van der Waals surface area contributed by atoms with E-state index in [4.69, 9.17) is 4.74 Å². The van der Waals surface area contributed by atoms with Gasteiger partial charge in [0.25, 0.3) is 11.8 Å². The predicted molar refractivity (Wildman–Crippen MR) is 126 cm³/mol. The third-order valence-electron chi connectivity index (χ3n) is 5.43. The van der Waals surface area contributed by atoms with Crippen LogP contribution in [0.1, 0.15) is 28.8 Å². The summed E-state index contributed by atoms with van der Waals surface area (Å²) in [4.78, 5) is 30.6. The molecular weight excluding hydrogens is 402 g/mol. The van der Waals surface area contributed by atoms with Gasteiger partial charge in [-0.2, -0.15) is 0 Å². The number of hydrogen-bond donors (Lipinski definition) is 0. The van der Waals surface area contributed by atoms with Crippen LogP contribution in [-0.2, 0) is 4.79 Å². The maximum Gasteiger partial charge on any atom is 0.298 e. The molecule has 2 amide bonds. The van der Waals surface area contributed by atoms with Crippen molar-refractivity contribution in [1.29, 1.82) is 0 Å². The molecule has 0 atom stereocenters. The Bertz CT molecular complexity index is 971. The lowest BCUT2D eigenvalue weighted by Crippen LogP contribution is -2.41. The van der Waals surface area contributed by atoms with Gasteiger partial charge in [-0.05, 0) is 44.4 Å². The number of amides is 2. The van der Waals surface area contributed by atoms with E-state index in [1.807, 2.05) is 74.6 Å². The summed E-state index contributed by atoms with van der Waals surface area (Å²) in [5.41, 5.74) is 1.45. The van der Waals surface area contributed by atoms with E-state index in [1.54, 1.807) is 15.9 Å². The molecule has 1 aliphatic heterocycles. The molecule has 6 heteroatoms. The maximum atomic E-state index is 12.7. The zero-order valence-electron chi connectivity index (χ0n) is 19.1. The van der Waals surface area contributed by atoms with Crippen molar-refractivity contribution < 1.29 is 14.3 Å². The lowest BCUT2D eigenvalue weighted by atomic mass is 10.1. The van der Waals surface area contributed by atoms with Crippen LogP contribution in [0.4, 0.5) is 0 Å². The summed E-state index contributed by atoms with van der Waals surface area (Å²) in [5, 5.41) is 0. The lowest BCUT2D eigenvalue weighted by molar-refractivity contribution is -0.126. The summed E-state index contributed by atoms with van der Waals surface area (Å²) >= 11 is 0. The Kier molecular flexibility index (Phi) is 8.29. The molecule has 0 N–H and O–H groups in total. The molecule has 32 heavy (non-hydrogen) atoms. The highest BCUT2D eigenvalue weighted by Crippen LogP contribution is 2.21. The summed E-state index contributed by atoms with van der Waals surface area (Å²) < 4.78 is 6.13. The topological polar surface area (TPSA) is 53.1 Å². The number of piperidine rings is 1. The van der Waals surface area contributed by atoms with Gasteiger partial charge in [-0.3, -0.25) is 9.59 Å². The molecule has 6 nitrogen and oxygen atoms in total. The average molecular weight is 434 g/mol. The molecule has 1 heterocycles. The zero-order chi connectivity index (χ0) is 22.9. The van der Waals surface area contributed by atoms with E-state index < -0.39 is 0 Å². The summed E-state index contributed by atoms with van der Waals surface area (Å²) in [6, 6.07) is 16.8. The van der Waals surface area contributed by atoms with E-state index in [-0.39, 0.29) is 17.9 Å². The van der Waals surface area contributed by atoms with Crippen LogP contribution >= 0.6 is 0 Å². The van der Waals surface area contributed by atoms with Crippen molar-refractivity contribution in [2.24, 2.45) is 0 Å². The van der Waals surface area contributed by atoms with Crippen LogP contribution in [0.2, 0.25) is 0 Å². The Morgan fingerprint density at radius 2 is 1.72 bits per heavy atom. The number of hydrogen-bond acceptors (Lipinski definition) is 4. The van der Waals surface area contributed by atoms with Crippen LogP contribution < -0.4 is 4.74 Å². The molecule has 1 aliphatic rings. The van der Waals surface area contributed by atoms with Crippen molar-refractivity contribution in [3.63, 3.8) is 0 Å². The Morgan fingerprint density at radius 3 is 2.41 bits per heavy atom. The van der Waals surface area contributed by atoms with E-state index in [0.717, 1.165) is 24.9 Å². The van der Waals surface area contributed by atoms with Crippen LogP contribution in [-0.4, -0.2) is 79.9 Å². The van der Waals surface area contributed by atoms with Crippen LogP contribution in [0.5, 0.6) is 5.75 Å². The predicted octanol–water partition coefficient (Wildman–Crippen LogP) is 2.74. The molecule has 168 valence electrons. The smallest absolute Gasteiger partial charge is 0.298 e. The normalized spacial score (nSPS) is 13.9. The third-order valence-corrected chi connectivity index (χ3v) is 5.43. The zero-order valence-corrected chi connectivity index (χ0v) is 19.1. The van der Waals surface area contributed by atoms with Crippen LogP contribution in [0.25, 0.3) is 0 Å². The van der Waals surface area contributed by atoms with Gasteiger partial charge in [-0.25, -0.2) is 0 Å². The average Bonchev–Trinajstić information content (AvgIpc) is 2.81. The molecule has 0 aromatic heterocycles. The number of benzene rings is 2. The molecule has 0 bridgehead atoms. The molecule has 1 fully saturated rings. The summed E-state index contributed by atoms with van der Waals surface area (Å²) in [6.45, 7) is 2.69.